The van der Waals surface area contributed by atoms with Crippen LogP contribution in [0.2, 0.25) is 0 Å². The molecule has 16 heavy (non-hydrogen) atoms. The second-order valence-electron chi connectivity index (χ2n) is 4.58. The van der Waals surface area contributed by atoms with Crippen molar-refractivity contribution in [3.05, 3.63) is 11.3 Å². The number of hydrogen-bond donors (Lipinski definition) is 2. The molecule has 0 aliphatic rings. The Morgan fingerprint density at radius 3 is 2.62 bits per heavy atom. The number of nitrogens with two attached hydrogens (primary N) is 1. The molecule has 1 rings (SSSR count). The van der Waals surface area contributed by atoms with E-state index < -0.39 is 0 Å². The minimum atomic E-state index is -0.117. The molecule has 3 N–H and O–H groups in total. The Morgan fingerprint density at radius 1 is 1.50 bits per heavy atom. The van der Waals surface area contributed by atoms with Gasteiger partial charge in [0.2, 0.25) is 0 Å². The van der Waals surface area contributed by atoms with E-state index in [1.807, 2.05) is 14.0 Å². The third-order valence-corrected chi connectivity index (χ3v) is 2.94. The molecule has 5 nitrogen and oxygen atoms in total. The lowest BCUT2D eigenvalue weighted by Gasteiger charge is -2.23. The van der Waals surface area contributed by atoms with Crippen LogP contribution in [0.25, 0.3) is 0 Å². The molecule has 0 unspecified atom stereocenters. The largest absolute Gasteiger partial charge is 0.371 e. The average molecular weight is 226 g/mol. The maximum atomic E-state index is 5.85. The minimum Gasteiger partial charge on any atom is -0.371 e. The molecule has 0 saturated carbocycles. The van der Waals surface area contributed by atoms with Crippen molar-refractivity contribution in [3.63, 3.8) is 0 Å². The van der Waals surface area contributed by atoms with Gasteiger partial charge in [-0.2, -0.15) is 5.10 Å². The number of hydrogen-bond acceptors (Lipinski definition) is 4. The number of hydrazine groups is 1. The fourth-order valence-electron chi connectivity index (χ4n) is 1.42. The van der Waals surface area contributed by atoms with E-state index in [0.29, 0.717) is 6.61 Å². The van der Waals surface area contributed by atoms with Gasteiger partial charge >= 0.3 is 0 Å². The van der Waals surface area contributed by atoms with Gasteiger partial charge in [0, 0.05) is 12.6 Å². The predicted molar refractivity (Wildman–Crippen MR) is 64.9 cm³/mol. The Morgan fingerprint density at radius 2 is 2.12 bits per heavy atom. The van der Waals surface area contributed by atoms with E-state index in [1.54, 1.807) is 4.68 Å². The summed E-state index contributed by atoms with van der Waals surface area (Å²) in [6, 6.07) is 0. The van der Waals surface area contributed by atoms with Gasteiger partial charge < -0.3 is 10.2 Å². The Hall–Kier alpha value is -1.07. The molecule has 5 heteroatoms. The Bertz CT molecular complexity index is 357. The Balaban J connectivity index is 2.81. The first-order valence-corrected chi connectivity index (χ1v) is 5.54. The molecular weight excluding hydrogens is 204 g/mol. The van der Waals surface area contributed by atoms with Crippen molar-refractivity contribution in [2.75, 3.05) is 5.43 Å². The Labute approximate surface area is 96.9 Å². The van der Waals surface area contributed by atoms with Crippen molar-refractivity contribution in [2.24, 2.45) is 12.9 Å². The summed E-state index contributed by atoms with van der Waals surface area (Å²) in [6.07, 6.45) is 0.970. The predicted octanol–water partition coefficient (Wildman–Crippen LogP) is 1.72. The third kappa shape index (κ3) is 2.74. The number of anilines is 1. The van der Waals surface area contributed by atoms with E-state index in [4.69, 9.17) is 10.6 Å². The van der Waals surface area contributed by atoms with Gasteiger partial charge in [0.15, 0.2) is 0 Å². The number of nitrogen functional groups attached to an aromatic ring is 1. The SMILES string of the molecule is CCC(C)(C)OCc1c(C)nn(C)c1NN. The van der Waals surface area contributed by atoms with Crippen molar-refractivity contribution in [3.8, 4) is 0 Å². The summed E-state index contributed by atoms with van der Waals surface area (Å²) >= 11 is 0. The molecular formula is C11H22N4O. The zero-order valence-electron chi connectivity index (χ0n) is 10.8. The van der Waals surface area contributed by atoms with Crippen LogP contribution in [-0.4, -0.2) is 15.4 Å². The number of ether oxygens (including phenoxy) is 1. The minimum absolute atomic E-state index is 0.117. The molecule has 0 bridgehead atoms. The fraction of sp³-hybridized carbons (Fsp3) is 0.727. The van der Waals surface area contributed by atoms with Crippen molar-refractivity contribution in [2.45, 2.75) is 46.3 Å². The lowest BCUT2D eigenvalue weighted by molar-refractivity contribution is -0.0315. The molecule has 0 saturated heterocycles. The molecule has 1 aromatic rings. The molecule has 0 aromatic carbocycles. The normalized spacial score (nSPS) is 11.9. The summed E-state index contributed by atoms with van der Waals surface area (Å²) in [5.74, 6) is 6.28. The first-order valence-electron chi connectivity index (χ1n) is 5.54. The summed E-state index contributed by atoms with van der Waals surface area (Å²) in [6.45, 7) is 8.75. The van der Waals surface area contributed by atoms with Gasteiger partial charge in [-0.05, 0) is 27.2 Å². The van der Waals surface area contributed by atoms with E-state index in [0.717, 1.165) is 23.5 Å². The second kappa shape index (κ2) is 4.84. The number of rotatable bonds is 5. The van der Waals surface area contributed by atoms with Crippen LogP contribution in [0.3, 0.4) is 0 Å². The number of aromatic nitrogens is 2. The summed E-state index contributed by atoms with van der Waals surface area (Å²) < 4.78 is 7.58. The van der Waals surface area contributed by atoms with E-state index >= 15 is 0 Å². The fourth-order valence-corrected chi connectivity index (χ4v) is 1.42. The smallest absolute Gasteiger partial charge is 0.143 e. The standard InChI is InChI=1S/C11H22N4O/c1-6-11(3,4)16-7-9-8(2)14-15(5)10(9)13-12/h13H,6-7,12H2,1-5H3. The zero-order chi connectivity index (χ0) is 12.3. The van der Waals surface area contributed by atoms with Crippen LogP contribution in [0.4, 0.5) is 5.82 Å². The first kappa shape index (κ1) is 13.0. The van der Waals surface area contributed by atoms with Gasteiger partial charge in [-0.3, -0.25) is 4.68 Å². The Kier molecular flexibility index (Phi) is 3.93. The van der Waals surface area contributed by atoms with Gasteiger partial charge in [-0.15, -0.1) is 0 Å². The van der Waals surface area contributed by atoms with E-state index in [1.165, 1.54) is 0 Å². The molecule has 0 aliphatic carbocycles. The molecule has 92 valence electrons. The van der Waals surface area contributed by atoms with Crippen molar-refractivity contribution in [1.82, 2.24) is 9.78 Å². The summed E-state index contributed by atoms with van der Waals surface area (Å²) in [5, 5.41) is 4.30. The highest BCUT2D eigenvalue weighted by atomic mass is 16.5. The van der Waals surface area contributed by atoms with Crippen LogP contribution in [0.1, 0.15) is 38.4 Å². The van der Waals surface area contributed by atoms with E-state index in [2.05, 4.69) is 31.3 Å². The van der Waals surface area contributed by atoms with Crippen LogP contribution in [0.5, 0.6) is 0 Å². The van der Waals surface area contributed by atoms with Crippen LogP contribution < -0.4 is 11.3 Å². The molecule has 0 radical (unpaired) electrons. The highest BCUT2D eigenvalue weighted by molar-refractivity contribution is 5.45. The quantitative estimate of drug-likeness (QED) is 0.592. The molecule has 1 heterocycles. The number of aryl methyl sites for hydroxylation is 2. The summed E-state index contributed by atoms with van der Waals surface area (Å²) in [7, 11) is 1.86. The molecule has 1 aromatic heterocycles. The monoisotopic (exact) mass is 226 g/mol. The van der Waals surface area contributed by atoms with Gasteiger partial charge in [0.25, 0.3) is 0 Å². The highest BCUT2D eigenvalue weighted by Gasteiger charge is 2.19. The maximum Gasteiger partial charge on any atom is 0.143 e. The molecule has 0 amide bonds. The van der Waals surface area contributed by atoms with E-state index in [9.17, 15) is 0 Å². The van der Waals surface area contributed by atoms with Gasteiger partial charge in [0.1, 0.15) is 5.82 Å². The van der Waals surface area contributed by atoms with E-state index in [-0.39, 0.29) is 5.60 Å². The third-order valence-electron chi connectivity index (χ3n) is 2.94. The lowest BCUT2D eigenvalue weighted by atomic mass is 10.1. The van der Waals surface area contributed by atoms with Gasteiger partial charge in [-0.1, -0.05) is 6.92 Å². The number of nitrogens with one attached hydrogen (secondary N) is 1. The van der Waals surface area contributed by atoms with Crippen LogP contribution in [0, 0.1) is 6.92 Å². The van der Waals surface area contributed by atoms with Crippen LogP contribution in [0.15, 0.2) is 0 Å². The van der Waals surface area contributed by atoms with Crippen LogP contribution >= 0.6 is 0 Å². The van der Waals surface area contributed by atoms with Crippen molar-refractivity contribution < 1.29 is 4.74 Å². The van der Waals surface area contributed by atoms with Gasteiger partial charge in [-0.25, -0.2) is 5.84 Å². The lowest BCUT2D eigenvalue weighted by Crippen LogP contribution is -2.23. The van der Waals surface area contributed by atoms with Crippen molar-refractivity contribution >= 4 is 5.82 Å². The molecule has 0 atom stereocenters. The first-order chi connectivity index (χ1) is 7.41. The highest BCUT2D eigenvalue weighted by Crippen LogP contribution is 2.22. The average Bonchev–Trinajstić information content (AvgIpc) is 2.50. The molecule has 0 spiro atoms. The molecule has 0 fully saturated rings. The molecule has 0 aliphatic heterocycles. The second-order valence-corrected chi connectivity index (χ2v) is 4.58. The topological polar surface area (TPSA) is 65.1 Å². The maximum absolute atomic E-state index is 5.85. The zero-order valence-corrected chi connectivity index (χ0v) is 10.8. The summed E-state index contributed by atoms with van der Waals surface area (Å²) in [4.78, 5) is 0. The summed E-state index contributed by atoms with van der Waals surface area (Å²) in [5.41, 5.74) is 4.51. The van der Waals surface area contributed by atoms with Crippen LogP contribution in [-0.2, 0) is 18.4 Å². The van der Waals surface area contributed by atoms with Gasteiger partial charge in [0.05, 0.1) is 17.9 Å². The van der Waals surface area contributed by atoms with Crippen molar-refractivity contribution in [1.29, 1.82) is 0 Å². The number of nitrogens with zero attached hydrogens (tertiary/aromatic N) is 2.